The number of aliphatic carboxylic acids is 1. The predicted octanol–water partition coefficient (Wildman–Crippen LogP) is -1.71. The number of sulfonamides is 1. The number of hydrogen-bond donors (Lipinski definition) is 3. The van der Waals surface area contributed by atoms with Crippen LogP contribution in [0.25, 0.3) is 0 Å². The summed E-state index contributed by atoms with van der Waals surface area (Å²) in [6.07, 6.45) is 3.13. The third-order valence-corrected chi connectivity index (χ3v) is 3.59. The van der Waals surface area contributed by atoms with Gasteiger partial charge in [0.15, 0.2) is 0 Å². The van der Waals surface area contributed by atoms with Crippen LogP contribution in [-0.2, 0) is 28.3 Å². The molecule has 0 aliphatic rings. The molecule has 0 spiro atoms. The maximum Gasteiger partial charge on any atom is 0.322 e. The van der Waals surface area contributed by atoms with E-state index in [1.165, 1.54) is 6.33 Å². The van der Waals surface area contributed by atoms with Gasteiger partial charge in [-0.1, -0.05) is 0 Å². The first-order chi connectivity index (χ1) is 8.34. The molecule has 0 saturated carbocycles. The topological polar surface area (TPSA) is 127 Å². The summed E-state index contributed by atoms with van der Waals surface area (Å²) >= 11 is 0. The Morgan fingerprint density at radius 3 is 2.78 bits per heavy atom. The second-order valence-electron chi connectivity index (χ2n) is 3.85. The fourth-order valence-corrected chi connectivity index (χ4v) is 2.44. The normalized spacial score (nSPS) is 13.4. The van der Waals surface area contributed by atoms with Gasteiger partial charge in [-0.25, -0.2) is 18.1 Å². The standard InChI is InChI=1S/C9H16N4O4S/c1-13-5-7(11-6-13)4-8(9(14)15)12-18(16,17)3-2-10/h5-6,8,12H,2-4,10H2,1H3,(H,14,15). The Balaban J connectivity index is 2.75. The summed E-state index contributed by atoms with van der Waals surface area (Å²) in [5.41, 5.74) is 5.64. The lowest BCUT2D eigenvalue weighted by Crippen LogP contribution is -2.44. The highest BCUT2D eigenvalue weighted by Crippen LogP contribution is 2.02. The number of nitrogens with one attached hydrogen (secondary N) is 1. The van der Waals surface area contributed by atoms with Crippen LogP contribution in [-0.4, -0.2) is 47.4 Å². The van der Waals surface area contributed by atoms with Crippen LogP contribution in [0.1, 0.15) is 5.69 Å². The van der Waals surface area contributed by atoms with Gasteiger partial charge < -0.3 is 15.4 Å². The molecule has 1 aromatic rings. The SMILES string of the molecule is Cn1cnc(CC(NS(=O)(=O)CCN)C(=O)O)c1. The van der Waals surface area contributed by atoms with Crippen molar-refractivity contribution in [2.75, 3.05) is 12.3 Å². The number of rotatable bonds is 7. The minimum Gasteiger partial charge on any atom is -0.480 e. The fraction of sp³-hybridized carbons (Fsp3) is 0.556. The number of imidazole rings is 1. The summed E-state index contributed by atoms with van der Waals surface area (Å²) in [4.78, 5) is 15.0. The van der Waals surface area contributed by atoms with Crippen molar-refractivity contribution in [3.8, 4) is 0 Å². The number of hydrogen-bond acceptors (Lipinski definition) is 5. The first kappa shape index (κ1) is 14.6. The van der Waals surface area contributed by atoms with Gasteiger partial charge in [0.1, 0.15) is 6.04 Å². The Labute approximate surface area is 105 Å². The molecule has 9 heteroatoms. The number of carbonyl (C=O) groups is 1. The molecule has 0 aromatic carbocycles. The van der Waals surface area contributed by atoms with Crippen molar-refractivity contribution in [3.05, 3.63) is 18.2 Å². The zero-order valence-electron chi connectivity index (χ0n) is 9.91. The summed E-state index contributed by atoms with van der Waals surface area (Å²) in [6, 6.07) is -1.24. The molecule has 0 aliphatic heterocycles. The summed E-state index contributed by atoms with van der Waals surface area (Å²) in [6.45, 7) is -0.0642. The van der Waals surface area contributed by atoms with Crippen molar-refractivity contribution in [3.63, 3.8) is 0 Å². The Hall–Kier alpha value is -1.45. The van der Waals surface area contributed by atoms with Crippen LogP contribution >= 0.6 is 0 Å². The van der Waals surface area contributed by atoms with Crippen molar-refractivity contribution in [2.45, 2.75) is 12.5 Å². The van der Waals surface area contributed by atoms with E-state index in [1.54, 1.807) is 17.8 Å². The summed E-state index contributed by atoms with van der Waals surface area (Å²) in [5, 5.41) is 8.98. The van der Waals surface area contributed by atoms with E-state index in [-0.39, 0.29) is 18.7 Å². The molecule has 0 saturated heterocycles. The molecule has 1 aromatic heterocycles. The Morgan fingerprint density at radius 2 is 2.33 bits per heavy atom. The van der Waals surface area contributed by atoms with Gasteiger partial charge in [-0.3, -0.25) is 4.79 Å². The van der Waals surface area contributed by atoms with E-state index in [9.17, 15) is 13.2 Å². The van der Waals surface area contributed by atoms with Crippen LogP contribution < -0.4 is 10.5 Å². The largest absolute Gasteiger partial charge is 0.480 e. The molecule has 1 atom stereocenters. The average Bonchev–Trinajstić information content (AvgIpc) is 2.62. The molecule has 0 amide bonds. The monoisotopic (exact) mass is 276 g/mol. The number of aromatic nitrogens is 2. The van der Waals surface area contributed by atoms with Gasteiger partial charge in [0.05, 0.1) is 17.8 Å². The van der Waals surface area contributed by atoms with Crippen LogP contribution in [0.2, 0.25) is 0 Å². The van der Waals surface area contributed by atoms with Gasteiger partial charge in [-0.2, -0.15) is 0 Å². The van der Waals surface area contributed by atoms with E-state index in [2.05, 4.69) is 9.71 Å². The quantitative estimate of drug-likeness (QED) is 0.544. The lowest BCUT2D eigenvalue weighted by Gasteiger charge is -2.13. The minimum absolute atomic E-state index is 0.0139. The Kier molecular flexibility index (Phi) is 4.82. The lowest BCUT2D eigenvalue weighted by molar-refractivity contribution is -0.138. The van der Waals surface area contributed by atoms with Crippen molar-refractivity contribution in [1.82, 2.24) is 14.3 Å². The van der Waals surface area contributed by atoms with Crippen molar-refractivity contribution >= 4 is 16.0 Å². The first-order valence-corrected chi connectivity index (χ1v) is 6.89. The summed E-state index contributed by atoms with van der Waals surface area (Å²) < 4.78 is 26.7. The highest BCUT2D eigenvalue weighted by molar-refractivity contribution is 7.89. The summed E-state index contributed by atoms with van der Waals surface area (Å²) in [7, 11) is -1.94. The Bertz CT molecular complexity index is 510. The van der Waals surface area contributed by atoms with Gasteiger partial charge in [0.2, 0.25) is 10.0 Å². The molecule has 18 heavy (non-hydrogen) atoms. The maximum absolute atomic E-state index is 11.5. The molecule has 102 valence electrons. The van der Waals surface area contributed by atoms with Crippen LogP contribution in [0, 0.1) is 0 Å². The molecule has 1 rings (SSSR count). The number of aryl methyl sites for hydroxylation is 1. The smallest absolute Gasteiger partial charge is 0.322 e. The van der Waals surface area contributed by atoms with Gasteiger partial charge in [-0.05, 0) is 0 Å². The average molecular weight is 276 g/mol. The van der Waals surface area contributed by atoms with E-state index >= 15 is 0 Å². The van der Waals surface area contributed by atoms with E-state index in [0.29, 0.717) is 5.69 Å². The van der Waals surface area contributed by atoms with Gasteiger partial charge in [0, 0.05) is 26.2 Å². The molecule has 0 bridgehead atoms. The molecule has 1 unspecified atom stereocenters. The molecule has 4 N–H and O–H groups in total. The second-order valence-corrected chi connectivity index (χ2v) is 5.72. The van der Waals surface area contributed by atoms with Crippen molar-refractivity contribution < 1.29 is 18.3 Å². The molecule has 0 fully saturated rings. The van der Waals surface area contributed by atoms with E-state index in [4.69, 9.17) is 10.8 Å². The lowest BCUT2D eigenvalue weighted by atomic mass is 10.2. The van der Waals surface area contributed by atoms with Gasteiger partial charge in [-0.15, -0.1) is 0 Å². The predicted molar refractivity (Wildman–Crippen MR) is 64.3 cm³/mol. The zero-order valence-corrected chi connectivity index (χ0v) is 10.7. The zero-order chi connectivity index (χ0) is 13.8. The molecular weight excluding hydrogens is 260 g/mol. The highest BCUT2D eigenvalue weighted by Gasteiger charge is 2.24. The van der Waals surface area contributed by atoms with Crippen LogP contribution in [0.3, 0.4) is 0 Å². The maximum atomic E-state index is 11.5. The molecule has 0 aliphatic carbocycles. The fourth-order valence-electron chi connectivity index (χ4n) is 1.39. The van der Waals surface area contributed by atoms with Crippen molar-refractivity contribution in [1.29, 1.82) is 0 Å². The number of nitrogens with two attached hydrogens (primary N) is 1. The van der Waals surface area contributed by atoms with E-state index < -0.39 is 22.0 Å². The van der Waals surface area contributed by atoms with E-state index in [1.807, 2.05) is 0 Å². The molecule has 8 nitrogen and oxygen atoms in total. The van der Waals surface area contributed by atoms with E-state index in [0.717, 1.165) is 0 Å². The number of carboxylic acid groups (broad SMARTS) is 1. The minimum atomic E-state index is -3.68. The molecule has 1 heterocycles. The van der Waals surface area contributed by atoms with Crippen LogP contribution in [0.5, 0.6) is 0 Å². The van der Waals surface area contributed by atoms with Gasteiger partial charge in [0.25, 0.3) is 0 Å². The van der Waals surface area contributed by atoms with Crippen LogP contribution in [0.4, 0.5) is 0 Å². The van der Waals surface area contributed by atoms with Crippen molar-refractivity contribution in [2.24, 2.45) is 12.8 Å². The highest BCUT2D eigenvalue weighted by atomic mass is 32.2. The molecule has 0 radical (unpaired) electrons. The second kappa shape index (κ2) is 5.94. The third-order valence-electron chi connectivity index (χ3n) is 2.18. The number of nitrogens with zero attached hydrogens (tertiary/aromatic N) is 2. The summed E-state index contributed by atoms with van der Waals surface area (Å²) in [5.74, 6) is -1.56. The van der Waals surface area contributed by atoms with Crippen LogP contribution in [0.15, 0.2) is 12.5 Å². The number of carboxylic acids is 1. The third kappa shape index (κ3) is 4.43. The Morgan fingerprint density at radius 1 is 1.67 bits per heavy atom. The van der Waals surface area contributed by atoms with Gasteiger partial charge >= 0.3 is 5.97 Å². The molecular formula is C9H16N4O4S. The first-order valence-electron chi connectivity index (χ1n) is 5.24.